The van der Waals surface area contributed by atoms with Gasteiger partial charge in [-0.2, -0.15) is 5.10 Å². The van der Waals surface area contributed by atoms with Gasteiger partial charge >= 0.3 is 0 Å². The number of nitrogens with one attached hydrogen (secondary N) is 1. The highest BCUT2D eigenvalue weighted by Gasteiger charge is 2.15. The average molecular weight is 281 g/mol. The highest BCUT2D eigenvalue weighted by Crippen LogP contribution is 2.21. The number of benzene rings is 1. The molecule has 4 heteroatoms. The fraction of sp³-hybridized carbons (Fsp3) is 0.235. The van der Waals surface area contributed by atoms with E-state index in [1.165, 1.54) is 0 Å². The highest BCUT2D eigenvalue weighted by molar-refractivity contribution is 5.33. The van der Waals surface area contributed by atoms with E-state index in [1.54, 1.807) is 6.26 Å². The molecule has 0 radical (unpaired) electrons. The van der Waals surface area contributed by atoms with E-state index >= 15 is 0 Å². The zero-order valence-electron chi connectivity index (χ0n) is 12.1. The van der Waals surface area contributed by atoms with Crippen molar-refractivity contribution in [2.75, 3.05) is 7.05 Å². The number of hydrogen-bond acceptors (Lipinski definition) is 3. The van der Waals surface area contributed by atoms with Gasteiger partial charge in [-0.3, -0.25) is 0 Å². The van der Waals surface area contributed by atoms with Gasteiger partial charge in [-0.15, -0.1) is 0 Å². The number of para-hydroxylation sites is 1. The van der Waals surface area contributed by atoms with Crippen LogP contribution in [0.3, 0.4) is 0 Å². The van der Waals surface area contributed by atoms with Gasteiger partial charge in [0.25, 0.3) is 0 Å². The minimum absolute atomic E-state index is 0.234. The second kappa shape index (κ2) is 6.41. The van der Waals surface area contributed by atoms with Crippen molar-refractivity contribution < 1.29 is 4.42 Å². The average Bonchev–Trinajstić information content (AvgIpc) is 3.20. The van der Waals surface area contributed by atoms with E-state index in [2.05, 4.69) is 28.6 Å². The minimum atomic E-state index is 0.234. The van der Waals surface area contributed by atoms with Crippen molar-refractivity contribution in [3.05, 3.63) is 72.4 Å². The maximum atomic E-state index is 5.41. The quantitative estimate of drug-likeness (QED) is 0.753. The fourth-order valence-corrected chi connectivity index (χ4v) is 2.54. The number of aromatic nitrogens is 2. The van der Waals surface area contributed by atoms with Crippen molar-refractivity contribution in [2.45, 2.75) is 18.9 Å². The Morgan fingerprint density at radius 1 is 1.14 bits per heavy atom. The molecule has 21 heavy (non-hydrogen) atoms. The minimum Gasteiger partial charge on any atom is -0.469 e. The molecule has 0 fully saturated rings. The SMILES string of the molecule is CNC(CCc1ccco1)c1ccnn1-c1ccccc1. The Bertz CT molecular complexity index is 658. The summed E-state index contributed by atoms with van der Waals surface area (Å²) in [5, 5.41) is 7.83. The van der Waals surface area contributed by atoms with Crippen LogP contribution < -0.4 is 5.32 Å². The van der Waals surface area contributed by atoms with Gasteiger partial charge in [0, 0.05) is 18.7 Å². The summed E-state index contributed by atoms with van der Waals surface area (Å²) >= 11 is 0. The molecule has 2 heterocycles. The summed E-state index contributed by atoms with van der Waals surface area (Å²) in [7, 11) is 1.98. The van der Waals surface area contributed by atoms with E-state index < -0.39 is 0 Å². The Hall–Kier alpha value is -2.33. The van der Waals surface area contributed by atoms with E-state index in [9.17, 15) is 0 Å². The lowest BCUT2D eigenvalue weighted by Gasteiger charge is -2.17. The molecule has 0 saturated heterocycles. The van der Waals surface area contributed by atoms with Crippen molar-refractivity contribution in [1.82, 2.24) is 15.1 Å². The van der Waals surface area contributed by atoms with E-state index in [4.69, 9.17) is 4.42 Å². The molecule has 0 amide bonds. The van der Waals surface area contributed by atoms with Crippen molar-refractivity contribution >= 4 is 0 Å². The Morgan fingerprint density at radius 3 is 2.71 bits per heavy atom. The summed E-state index contributed by atoms with van der Waals surface area (Å²) in [6.07, 6.45) is 5.43. The molecule has 1 N–H and O–H groups in total. The summed E-state index contributed by atoms with van der Waals surface area (Å²) in [5.74, 6) is 1.01. The van der Waals surface area contributed by atoms with Gasteiger partial charge in [-0.05, 0) is 43.8 Å². The smallest absolute Gasteiger partial charge is 0.103 e. The second-order valence-corrected chi connectivity index (χ2v) is 4.96. The molecular formula is C17H19N3O. The van der Waals surface area contributed by atoms with Crippen LogP contribution in [0.15, 0.2) is 65.4 Å². The Balaban J connectivity index is 1.80. The van der Waals surface area contributed by atoms with Gasteiger partial charge in [0.05, 0.1) is 17.6 Å². The maximum Gasteiger partial charge on any atom is 0.103 e. The van der Waals surface area contributed by atoms with E-state index in [1.807, 2.05) is 48.3 Å². The summed E-state index contributed by atoms with van der Waals surface area (Å²) in [6.45, 7) is 0. The zero-order chi connectivity index (χ0) is 14.5. The van der Waals surface area contributed by atoms with Gasteiger partial charge in [0.15, 0.2) is 0 Å². The number of hydrogen-bond donors (Lipinski definition) is 1. The van der Waals surface area contributed by atoms with Crippen LogP contribution >= 0.6 is 0 Å². The molecule has 3 aromatic rings. The van der Waals surface area contributed by atoms with Gasteiger partial charge in [0.1, 0.15) is 5.76 Å². The van der Waals surface area contributed by atoms with Gasteiger partial charge < -0.3 is 9.73 Å². The third kappa shape index (κ3) is 3.06. The molecule has 1 atom stereocenters. The predicted molar refractivity (Wildman–Crippen MR) is 82.4 cm³/mol. The van der Waals surface area contributed by atoms with Crippen molar-refractivity contribution in [3.63, 3.8) is 0 Å². The Labute approximate surface area is 124 Å². The van der Waals surface area contributed by atoms with Crippen LogP contribution in [0.25, 0.3) is 5.69 Å². The molecule has 0 spiro atoms. The molecule has 1 unspecified atom stereocenters. The molecule has 2 aromatic heterocycles. The lowest BCUT2D eigenvalue weighted by atomic mass is 10.1. The van der Waals surface area contributed by atoms with Crippen LogP contribution in [-0.2, 0) is 6.42 Å². The van der Waals surface area contributed by atoms with Gasteiger partial charge in [0.2, 0.25) is 0 Å². The third-order valence-electron chi connectivity index (χ3n) is 3.64. The van der Waals surface area contributed by atoms with Crippen LogP contribution in [0.1, 0.15) is 23.9 Å². The lowest BCUT2D eigenvalue weighted by Crippen LogP contribution is -2.20. The molecule has 0 saturated carbocycles. The molecule has 0 bridgehead atoms. The molecule has 3 rings (SSSR count). The first-order valence-corrected chi connectivity index (χ1v) is 7.17. The van der Waals surface area contributed by atoms with Gasteiger partial charge in [-0.1, -0.05) is 18.2 Å². The molecule has 0 aliphatic carbocycles. The third-order valence-corrected chi connectivity index (χ3v) is 3.64. The standard InChI is InChI=1S/C17H19N3O/c1-18-16(10-9-15-8-5-13-21-15)17-11-12-19-20(17)14-6-3-2-4-7-14/h2-8,11-13,16,18H,9-10H2,1H3. The molecule has 0 aliphatic heterocycles. The zero-order valence-corrected chi connectivity index (χ0v) is 12.1. The Morgan fingerprint density at radius 2 is 2.00 bits per heavy atom. The van der Waals surface area contributed by atoms with E-state index in [-0.39, 0.29) is 6.04 Å². The second-order valence-electron chi connectivity index (χ2n) is 4.96. The number of furan rings is 1. The fourth-order valence-electron chi connectivity index (χ4n) is 2.54. The molecular weight excluding hydrogens is 262 g/mol. The molecule has 0 aliphatic rings. The van der Waals surface area contributed by atoms with Crippen LogP contribution in [0.5, 0.6) is 0 Å². The largest absolute Gasteiger partial charge is 0.469 e. The van der Waals surface area contributed by atoms with Crippen LogP contribution in [0, 0.1) is 0 Å². The molecule has 4 nitrogen and oxygen atoms in total. The maximum absolute atomic E-state index is 5.41. The summed E-state index contributed by atoms with van der Waals surface area (Å²) in [4.78, 5) is 0. The summed E-state index contributed by atoms with van der Waals surface area (Å²) in [5.41, 5.74) is 2.24. The van der Waals surface area contributed by atoms with E-state index in [0.717, 1.165) is 30.0 Å². The van der Waals surface area contributed by atoms with Crippen LogP contribution in [0.4, 0.5) is 0 Å². The van der Waals surface area contributed by atoms with E-state index in [0.29, 0.717) is 0 Å². The molecule has 1 aromatic carbocycles. The van der Waals surface area contributed by atoms with Crippen molar-refractivity contribution in [2.24, 2.45) is 0 Å². The normalized spacial score (nSPS) is 12.4. The predicted octanol–water partition coefficient (Wildman–Crippen LogP) is 3.36. The first-order chi connectivity index (χ1) is 10.4. The first kappa shape index (κ1) is 13.6. The number of rotatable bonds is 6. The summed E-state index contributed by atoms with van der Waals surface area (Å²) in [6, 6.07) is 16.4. The van der Waals surface area contributed by atoms with Crippen molar-refractivity contribution in [3.8, 4) is 5.69 Å². The monoisotopic (exact) mass is 281 g/mol. The topological polar surface area (TPSA) is 43.0 Å². The van der Waals surface area contributed by atoms with Crippen LogP contribution in [-0.4, -0.2) is 16.8 Å². The first-order valence-electron chi connectivity index (χ1n) is 7.17. The Kier molecular flexibility index (Phi) is 4.17. The molecule has 108 valence electrons. The number of aryl methyl sites for hydroxylation is 1. The lowest BCUT2D eigenvalue weighted by molar-refractivity contribution is 0.460. The highest BCUT2D eigenvalue weighted by atomic mass is 16.3. The summed E-state index contributed by atoms with van der Waals surface area (Å²) < 4.78 is 7.40. The van der Waals surface area contributed by atoms with Crippen molar-refractivity contribution in [1.29, 1.82) is 0 Å². The van der Waals surface area contributed by atoms with Crippen LogP contribution in [0.2, 0.25) is 0 Å². The van der Waals surface area contributed by atoms with Gasteiger partial charge in [-0.25, -0.2) is 4.68 Å². The number of nitrogens with zero attached hydrogens (tertiary/aromatic N) is 2.